The number of amides is 1. The lowest BCUT2D eigenvalue weighted by Crippen LogP contribution is -2.14. The van der Waals surface area contributed by atoms with E-state index in [1.165, 1.54) is 35.0 Å². The number of anilines is 1. The van der Waals surface area contributed by atoms with Crippen LogP contribution in [0, 0.1) is 6.92 Å². The van der Waals surface area contributed by atoms with Crippen molar-refractivity contribution in [3.8, 4) is 17.2 Å². The molecular formula is C26H34N3O9PS. The Balaban J connectivity index is 1.83. The largest absolute Gasteiger partial charge is 0.491 e. The number of ether oxygens (including phenoxy) is 3. The average Bonchev–Trinajstić information content (AvgIpc) is 3.21. The molecule has 1 aromatic heterocycles. The molecule has 14 heteroatoms. The Morgan fingerprint density at radius 2 is 1.62 bits per heavy atom. The number of hydrogen-bond acceptors (Lipinski definition) is 10. The lowest BCUT2D eigenvalue weighted by atomic mass is 10.2. The third-order valence-electron chi connectivity index (χ3n) is 5.37. The molecule has 40 heavy (non-hydrogen) atoms. The maximum atomic E-state index is 13.2. The monoisotopic (exact) mass is 595 g/mol. The summed E-state index contributed by atoms with van der Waals surface area (Å²) in [6.45, 7) is 6.23. The summed E-state index contributed by atoms with van der Waals surface area (Å²) in [6.07, 6.45) is 1.02. The molecule has 0 fully saturated rings. The fraction of sp³-hybridized carbons (Fsp3) is 0.385. The van der Waals surface area contributed by atoms with Crippen LogP contribution in [-0.4, -0.2) is 63.9 Å². The molecule has 12 nitrogen and oxygen atoms in total. The van der Waals surface area contributed by atoms with Crippen LogP contribution in [0.5, 0.6) is 17.2 Å². The van der Waals surface area contributed by atoms with Crippen LogP contribution in [-0.2, 0) is 34.5 Å². The highest BCUT2D eigenvalue weighted by molar-refractivity contribution is 7.90. The van der Waals surface area contributed by atoms with Crippen molar-refractivity contribution in [2.45, 2.75) is 32.0 Å². The Morgan fingerprint density at radius 1 is 0.975 bits per heavy atom. The molecule has 3 aromatic rings. The summed E-state index contributed by atoms with van der Waals surface area (Å²) in [5.74, 6) is 0.783. The Bertz CT molecular complexity index is 1450. The molecule has 1 N–H and O–H groups in total. The molecule has 2 aromatic carbocycles. The summed E-state index contributed by atoms with van der Waals surface area (Å²) >= 11 is 0. The number of hydrogen-bond donors (Lipinski definition) is 1. The van der Waals surface area contributed by atoms with E-state index in [1.807, 2.05) is 0 Å². The van der Waals surface area contributed by atoms with Gasteiger partial charge in [-0.1, -0.05) is 0 Å². The Morgan fingerprint density at radius 3 is 2.23 bits per heavy atom. The summed E-state index contributed by atoms with van der Waals surface area (Å²) in [4.78, 5) is 13.4. The van der Waals surface area contributed by atoms with E-state index in [4.69, 9.17) is 23.3 Å². The number of carbonyl (C=O) groups is 1. The quantitative estimate of drug-likeness (QED) is 0.190. The molecule has 0 unspecified atom stereocenters. The molecule has 0 spiro atoms. The van der Waals surface area contributed by atoms with Gasteiger partial charge in [-0.2, -0.15) is 5.10 Å². The predicted octanol–water partition coefficient (Wildman–Crippen LogP) is 4.89. The van der Waals surface area contributed by atoms with Crippen LogP contribution in [0.1, 0.15) is 29.9 Å². The maximum Gasteiger partial charge on any atom is 0.351 e. The standard InChI is InChI=1S/C26H34N3O9PS/c1-6-36-39(31,37-7-2)18-29-19(3)14-25(28-29)27-26(30)20-15-22(35-13-12-34-4)17-23(16-20)38-21-8-10-24(11-9-21)40(5,32)33/h8-11,14-17H,6-7,12-13,18H2,1-5H3,(H,27,28,30). The molecule has 0 aliphatic heterocycles. The predicted molar refractivity (Wildman–Crippen MR) is 149 cm³/mol. The van der Waals surface area contributed by atoms with Gasteiger partial charge in [0.2, 0.25) is 0 Å². The van der Waals surface area contributed by atoms with Crippen molar-refractivity contribution in [2.24, 2.45) is 0 Å². The van der Waals surface area contributed by atoms with Crippen molar-refractivity contribution in [2.75, 3.05) is 45.1 Å². The van der Waals surface area contributed by atoms with Crippen molar-refractivity contribution in [3.63, 3.8) is 0 Å². The second-order valence-electron chi connectivity index (χ2n) is 8.59. The Labute approximate surface area is 234 Å². The first-order valence-electron chi connectivity index (χ1n) is 12.4. The first kappa shape index (κ1) is 31.3. The van der Waals surface area contributed by atoms with E-state index in [2.05, 4.69) is 10.4 Å². The van der Waals surface area contributed by atoms with Gasteiger partial charge in [-0.05, 0) is 57.2 Å². The van der Waals surface area contributed by atoms with E-state index in [9.17, 15) is 17.8 Å². The number of rotatable bonds is 15. The van der Waals surface area contributed by atoms with Gasteiger partial charge in [-0.25, -0.2) is 8.42 Å². The number of aryl methyl sites for hydroxylation is 1. The number of nitrogens with zero attached hydrogens (tertiary/aromatic N) is 2. The highest BCUT2D eigenvalue weighted by atomic mass is 32.2. The molecule has 218 valence electrons. The van der Waals surface area contributed by atoms with Crippen LogP contribution in [0.3, 0.4) is 0 Å². The third kappa shape index (κ3) is 8.90. The van der Waals surface area contributed by atoms with E-state index in [-0.39, 0.29) is 42.4 Å². The van der Waals surface area contributed by atoms with Gasteiger partial charge < -0.3 is 28.6 Å². The van der Waals surface area contributed by atoms with Gasteiger partial charge in [0.05, 0.1) is 24.7 Å². The highest BCUT2D eigenvalue weighted by Crippen LogP contribution is 2.49. The van der Waals surface area contributed by atoms with E-state index in [1.54, 1.807) is 46.1 Å². The summed E-state index contributed by atoms with van der Waals surface area (Å²) in [7, 11) is -5.22. The summed E-state index contributed by atoms with van der Waals surface area (Å²) in [6, 6.07) is 12.2. The van der Waals surface area contributed by atoms with Gasteiger partial charge in [-0.3, -0.25) is 14.0 Å². The van der Waals surface area contributed by atoms with E-state index >= 15 is 0 Å². The molecule has 0 atom stereocenters. The Kier molecular flexibility index (Phi) is 10.9. The number of nitrogens with one attached hydrogen (secondary N) is 1. The van der Waals surface area contributed by atoms with Gasteiger partial charge in [0.1, 0.15) is 30.1 Å². The smallest absolute Gasteiger partial charge is 0.351 e. The second kappa shape index (κ2) is 13.9. The van der Waals surface area contributed by atoms with Crippen LogP contribution >= 0.6 is 7.60 Å². The van der Waals surface area contributed by atoms with Crippen molar-refractivity contribution >= 4 is 29.2 Å². The molecule has 0 saturated heterocycles. The fourth-order valence-corrected chi connectivity index (χ4v) is 5.83. The zero-order chi connectivity index (χ0) is 29.3. The molecule has 1 amide bonds. The summed E-state index contributed by atoms with van der Waals surface area (Å²) < 4.78 is 65.2. The van der Waals surface area contributed by atoms with Crippen molar-refractivity contribution < 1.29 is 41.0 Å². The number of sulfone groups is 1. The summed E-state index contributed by atoms with van der Waals surface area (Å²) in [5.41, 5.74) is 0.868. The molecular weight excluding hydrogens is 561 g/mol. The molecule has 0 aliphatic rings. The first-order valence-corrected chi connectivity index (χ1v) is 16.1. The fourth-order valence-electron chi connectivity index (χ4n) is 3.56. The van der Waals surface area contributed by atoms with Crippen LogP contribution in [0.15, 0.2) is 53.4 Å². The molecule has 0 saturated carbocycles. The average molecular weight is 596 g/mol. The maximum absolute atomic E-state index is 13.2. The first-order chi connectivity index (χ1) is 19.0. The zero-order valence-electron chi connectivity index (χ0n) is 23.1. The van der Waals surface area contributed by atoms with Crippen LogP contribution in [0.4, 0.5) is 5.82 Å². The lowest BCUT2D eigenvalue weighted by molar-refractivity contribution is 0.102. The zero-order valence-corrected chi connectivity index (χ0v) is 24.8. The van der Waals surface area contributed by atoms with Crippen LogP contribution in [0.25, 0.3) is 0 Å². The van der Waals surface area contributed by atoms with E-state index in [0.717, 1.165) is 6.26 Å². The SMILES string of the molecule is CCOP(=O)(Cn1nc(NC(=O)c2cc(OCCOC)cc(Oc3ccc(S(C)(=O)=O)cc3)c2)cc1C)OCC. The third-order valence-corrected chi connectivity index (χ3v) is 8.41. The minimum atomic E-state index is -3.41. The van der Waals surface area contributed by atoms with Crippen molar-refractivity contribution in [1.29, 1.82) is 0 Å². The van der Waals surface area contributed by atoms with Crippen LogP contribution in [0.2, 0.25) is 0 Å². The topological polar surface area (TPSA) is 144 Å². The molecule has 0 aliphatic carbocycles. The van der Waals surface area contributed by atoms with Crippen molar-refractivity contribution in [3.05, 3.63) is 59.8 Å². The van der Waals surface area contributed by atoms with Gasteiger partial charge in [0.25, 0.3) is 5.91 Å². The number of aromatic nitrogens is 2. The lowest BCUT2D eigenvalue weighted by Gasteiger charge is -2.17. The van der Waals surface area contributed by atoms with E-state index < -0.39 is 23.3 Å². The molecule has 3 rings (SSSR count). The normalized spacial score (nSPS) is 11.8. The molecule has 0 radical (unpaired) electrons. The van der Waals surface area contributed by atoms with Gasteiger partial charge in [-0.15, -0.1) is 0 Å². The number of methoxy groups -OCH3 is 1. The minimum absolute atomic E-state index is 0.102. The van der Waals surface area contributed by atoms with E-state index in [0.29, 0.717) is 29.5 Å². The van der Waals surface area contributed by atoms with Gasteiger partial charge in [0.15, 0.2) is 15.7 Å². The summed E-state index contributed by atoms with van der Waals surface area (Å²) in [5, 5.41) is 7.08. The molecule has 1 heterocycles. The number of carbonyl (C=O) groups excluding carboxylic acids is 1. The number of benzene rings is 2. The van der Waals surface area contributed by atoms with Crippen molar-refractivity contribution in [1.82, 2.24) is 9.78 Å². The van der Waals surface area contributed by atoms with Gasteiger partial charge in [0, 0.05) is 36.8 Å². The van der Waals surface area contributed by atoms with Gasteiger partial charge >= 0.3 is 7.60 Å². The Hall–Kier alpha value is -3.22. The second-order valence-corrected chi connectivity index (χ2v) is 12.6. The highest BCUT2D eigenvalue weighted by Gasteiger charge is 2.26. The molecule has 0 bridgehead atoms. The van der Waals surface area contributed by atoms with Crippen LogP contribution < -0.4 is 14.8 Å². The minimum Gasteiger partial charge on any atom is -0.491 e.